The maximum absolute atomic E-state index is 12.8. The predicted molar refractivity (Wildman–Crippen MR) is 93.7 cm³/mol. The summed E-state index contributed by atoms with van der Waals surface area (Å²) < 4.78 is 0. The van der Waals surface area contributed by atoms with Crippen molar-refractivity contribution in [2.45, 2.75) is 26.2 Å². The maximum Gasteiger partial charge on any atom is 0.238 e. The quantitative estimate of drug-likeness (QED) is 0.805. The van der Waals surface area contributed by atoms with Gasteiger partial charge in [-0.1, -0.05) is 30.3 Å². The van der Waals surface area contributed by atoms with Crippen LogP contribution in [-0.4, -0.2) is 60.2 Å². The summed E-state index contributed by atoms with van der Waals surface area (Å²) in [5.41, 5.74) is 0.300. The van der Waals surface area contributed by atoms with E-state index < -0.39 is 5.41 Å². The fourth-order valence-electron chi connectivity index (χ4n) is 3.32. The summed E-state index contributed by atoms with van der Waals surface area (Å²) in [7, 11) is 0. The number of carbonyl (C=O) groups excluding carboxylic acids is 3. The molecule has 134 valence electrons. The van der Waals surface area contributed by atoms with Gasteiger partial charge in [-0.3, -0.25) is 14.4 Å². The van der Waals surface area contributed by atoms with Crippen molar-refractivity contribution in [2.24, 2.45) is 5.41 Å². The topological polar surface area (TPSA) is 69.7 Å². The Hall–Kier alpha value is -2.37. The molecule has 0 spiro atoms. The molecule has 3 rings (SSSR count). The number of hydrogen-bond donors (Lipinski definition) is 1. The SMILES string of the molecule is CC(=O)N1CCN(C(=O)C2(C(=O)NCCc3ccccc3)CC2)CC1. The zero-order valence-electron chi connectivity index (χ0n) is 14.7. The minimum Gasteiger partial charge on any atom is -0.355 e. The molecule has 1 saturated heterocycles. The Balaban J connectivity index is 1.50. The first-order valence-electron chi connectivity index (χ1n) is 8.90. The maximum atomic E-state index is 12.8. The number of nitrogens with zero attached hydrogens (tertiary/aromatic N) is 2. The second kappa shape index (κ2) is 7.25. The van der Waals surface area contributed by atoms with Crippen molar-refractivity contribution >= 4 is 17.7 Å². The van der Waals surface area contributed by atoms with Gasteiger partial charge in [0.25, 0.3) is 0 Å². The van der Waals surface area contributed by atoms with Gasteiger partial charge in [0, 0.05) is 39.6 Å². The molecular weight excluding hydrogens is 318 g/mol. The first-order chi connectivity index (χ1) is 12.0. The van der Waals surface area contributed by atoms with Crippen molar-refractivity contribution in [3.8, 4) is 0 Å². The third-order valence-electron chi connectivity index (χ3n) is 5.15. The molecule has 1 aliphatic heterocycles. The lowest BCUT2D eigenvalue weighted by Gasteiger charge is -2.35. The molecule has 0 atom stereocenters. The molecular formula is C19H25N3O3. The normalized spacial score (nSPS) is 18.6. The van der Waals surface area contributed by atoms with Crippen molar-refractivity contribution in [2.75, 3.05) is 32.7 Å². The number of piperazine rings is 1. The number of rotatable bonds is 5. The van der Waals surface area contributed by atoms with Gasteiger partial charge in [0.05, 0.1) is 0 Å². The van der Waals surface area contributed by atoms with E-state index in [-0.39, 0.29) is 17.7 Å². The summed E-state index contributed by atoms with van der Waals surface area (Å²) in [6, 6.07) is 9.97. The lowest BCUT2D eigenvalue weighted by Crippen LogP contribution is -2.54. The fourth-order valence-corrected chi connectivity index (χ4v) is 3.32. The van der Waals surface area contributed by atoms with Crippen molar-refractivity contribution in [1.29, 1.82) is 0 Å². The lowest BCUT2D eigenvalue weighted by atomic mass is 10.0. The monoisotopic (exact) mass is 343 g/mol. The van der Waals surface area contributed by atoms with Crippen LogP contribution in [0.2, 0.25) is 0 Å². The van der Waals surface area contributed by atoms with Crippen LogP contribution >= 0.6 is 0 Å². The standard InChI is InChI=1S/C19H25N3O3/c1-15(23)21-11-13-22(14-12-21)18(25)19(8-9-19)17(24)20-10-7-16-5-3-2-4-6-16/h2-6H,7-14H2,1H3,(H,20,24). The summed E-state index contributed by atoms with van der Waals surface area (Å²) in [6.45, 7) is 4.20. The van der Waals surface area contributed by atoms with Crippen LogP contribution in [0.25, 0.3) is 0 Å². The molecule has 6 heteroatoms. The number of benzene rings is 1. The minimum absolute atomic E-state index is 0.0342. The zero-order chi connectivity index (χ0) is 17.9. The molecule has 0 aromatic heterocycles. The van der Waals surface area contributed by atoms with E-state index in [4.69, 9.17) is 0 Å². The summed E-state index contributed by atoms with van der Waals surface area (Å²) in [4.78, 5) is 40.2. The van der Waals surface area contributed by atoms with Gasteiger partial charge < -0.3 is 15.1 Å². The highest BCUT2D eigenvalue weighted by atomic mass is 16.2. The van der Waals surface area contributed by atoms with Crippen molar-refractivity contribution in [3.05, 3.63) is 35.9 Å². The average Bonchev–Trinajstić information content (AvgIpc) is 3.44. The zero-order valence-corrected chi connectivity index (χ0v) is 14.7. The van der Waals surface area contributed by atoms with Gasteiger partial charge in [0.15, 0.2) is 0 Å². The van der Waals surface area contributed by atoms with Gasteiger partial charge in [-0.15, -0.1) is 0 Å². The Morgan fingerprint density at radius 1 is 1.00 bits per heavy atom. The van der Waals surface area contributed by atoms with Crippen LogP contribution in [0.15, 0.2) is 30.3 Å². The third-order valence-corrected chi connectivity index (χ3v) is 5.15. The lowest BCUT2D eigenvalue weighted by molar-refractivity contribution is -0.147. The Labute approximate surface area is 148 Å². The van der Waals surface area contributed by atoms with E-state index in [2.05, 4.69) is 5.32 Å². The summed E-state index contributed by atoms with van der Waals surface area (Å²) in [6.07, 6.45) is 2.00. The van der Waals surface area contributed by atoms with E-state index in [1.54, 1.807) is 16.7 Å². The van der Waals surface area contributed by atoms with E-state index in [9.17, 15) is 14.4 Å². The summed E-state index contributed by atoms with van der Waals surface area (Å²) in [5, 5.41) is 2.93. The molecule has 0 radical (unpaired) electrons. The molecule has 1 saturated carbocycles. The molecule has 1 aliphatic carbocycles. The molecule has 3 amide bonds. The Bertz CT molecular complexity index is 647. The number of carbonyl (C=O) groups is 3. The van der Waals surface area contributed by atoms with E-state index in [0.717, 1.165) is 6.42 Å². The van der Waals surface area contributed by atoms with Gasteiger partial charge >= 0.3 is 0 Å². The van der Waals surface area contributed by atoms with E-state index in [0.29, 0.717) is 45.6 Å². The number of hydrogen-bond acceptors (Lipinski definition) is 3. The first kappa shape index (κ1) is 17.5. The van der Waals surface area contributed by atoms with Crippen molar-refractivity contribution in [1.82, 2.24) is 15.1 Å². The van der Waals surface area contributed by atoms with Crippen LogP contribution < -0.4 is 5.32 Å². The number of nitrogens with one attached hydrogen (secondary N) is 1. The van der Waals surface area contributed by atoms with Gasteiger partial charge in [-0.25, -0.2) is 0 Å². The molecule has 2 fully saturated rings. The van der Waals surface area contributed by atoms with Crippen LogP contribution in [0.5, 0.6) is 0 Å². The Morgan fingerprint density at radius 3 is 2.16 bits per heavy atom. The highest BCUT2D eigenvalue weighted by Gasteiger charge is 2.58. The summed E-state index contributed by atoms with van der Waals surface area (Å²) >= 11 is 0. The van der Waals surface area contributed by atoms with Gasteiger partial charge in [-0.05, 0) is 24.8 Å². The van der Waals surface area contributed by atoms with E-state index >= 15 is 0 Å². The molecule has 1 N–H and O–H groups in total. The predicted octanol–water partition coefficient (Wildman–Crippen LogP) is 0.816. The van der Waals surface area contributed by atoms with Crippen LogP contribution in [-0.2, 0) is 20.8 Å². The molecule has 6 nitrogen and oxygen atoms in total. The van der Waals surface area contributed by atoms with Gasteiger partial charge in [-0.2, -0.15) is 0 Å². The highest BCUT2D eigenvalue weighted by molar-refractivity contribution is 6.07. The van der Waals surface area contributed by atoms with Crippen LogP contribution in [0.1, 0.15) is 25.3 Å². The Kier molecular flexibility index (Phi) is 5.06. The second-order valence-corrected chi connectivity index (χ2v) is 6.87. The largest absolute Gasteiger partial charge is 0.355 e. The second-order valence-electron chi connectivity index (χ2n) is 6.87. The number of amides is 3. The fraction of sp³-hybridized carbons (Fsp3) is 0.526. The van der Waals surface area contributed by atoms with Crippen molar-refractivity contribution in [3.63, 3.8) is 0 Å². The molecule has 1 aromatic rings. The first-order valence-corrected chi connectivity index (χ1v) is 8.90. The molecule has 1 aromatic carbocycles. The van der Waals surface area contributed by atoms with Crippen molar-refractivity contribution < 1.29 is 14.4 Å². The third kappa shape index (κ3) is 3.83. The van der Waals surface area contributed by atoms with Crippen LogP contribution in [0, 0.1) is 5.41 Å². The highest BCUT2D eigenvalue weighted by Crippen LogP contribution is 2.47. The minimum atomic E-state index is -0.866. The van der Waals surface area contributed by atoms with E-state index in [1.807, 2.05) is 30.3 Å². The van der Waals surface area contributed by atoms with Crippen LogP contribution in [0.3, 0.4) is 0 Å². The molecule has 0 unspecified atom stereocenters. The van der Waals surface area contributed by atoms with Gasteiger partial charge in [0.1, 0.15) is 5.41 Å². The summed E-state index contributed by atoms with van der Waals surface area (Å²) in [5.74, 6) is -0.192. The molecule has 1 heterocycles. The smallest absolute Gasteiger partial charge is 0.238 e. The van der Waals surface area contributed by atoms with Gasteiger partial charge in [0.2, 0.25) is 17.7 Å². The molecule has 25 heavy (non-hydrogen) atoms. The Morgan fingerprint density at radius 2 is 1.60 bits per heavy atom. The molecule has 2 aliphatic rings. The van der Waals surface area contributed by atoms with Crippen LogP contribution in [0.4, 0.5) is 0 Å². The van der Waals surface area contributed by atoms with E-state index in [1.165, 1.54) is 5.56 Å². The average molecular weight is 343 g/mol. The molecule has 0 bridgehead atoms.